The van der Waals surface area contributed by atoms with Crippen LogP contribution in [0.3, 0.4) is 0 Å². The lowest BCUT2D eigenvalue weighted by Gasteiger charge is -2.39. The van der Waals surface area contributed by atoms with Crippen molar-refractivity contribution in [2.45, 2.75) is 45.3 Å². The molecule has 0 aromatic heterocycles. The summed E-state index contributed by atoms with van der Waals surface area (Å²) in [5, 5.41) is 58.9. The molecule has 33 heavy (non-hydrogen) atoms. The summed E-state index contributed by atoms with van der Waals surface area (Å²) in [6.07, 6.45) is 0. The molecule has 0 aliphatic heterocycles. The Labute approximate surface area is 193 Å². The molecule has 2 unspecified atom stereocenters. The van der Waals surface area contributed by atoms with Gasteiger partial charge in [0.2, 0.25) is 0 Å². The highest BCUT2D eigenvalue weighted by molar-refractivity contribution is 5.69. The Morgan fingerprint density at radius 3 is 1.97 bits per heavy atom. The summed E-state index contributed by atoms with van der Waals surface area (Å²) in [5.74, 6) is -1.23. The van der Waals surface area contributed by atoms with E-state index in [2.05, 4.69) is 0 Å². The van der Waals surface area contributed by atoms with Gasteiger partial charge in [-0.25, -0.2) is 0 Å². The van der Waals surface area contributed by atoms with Gasteiger partial charge in [-0.3, -0.25) is 14.6 Å². The minimum Gasteiger partial charge on any atom is -0.507 e. The summed E-state index contributed by atoms with van der Waals surface area (Å²) in [5.41, 5.74) is 3.03. The van der Waals surface area contributed by atoms with Crippen LogP contribution in [0.2, 0.25) is 0 Å². The number of hydrogen-bond donors (Lipinski definition) is 6. The van der Waals surface area contributed by atoms with E-state index >= 15 is 0 Å². The number of benzene rings is 2. The maximum absolute atomic E-state index is 11.6. The second-order valence-corrected chi connectivity index (χ2v) is 7.91. The van der Waals surface area contributed by atoms with Crippen molar-refractivity contribution in [3.63, 3.8) is 0 Å². The summed E-state index contributed by atoms with van der Waals surface area (Å²) >= 11 is 0. The van der Waals surface area contributed by atoms with Gasteiger partial charge in [0.15, 0.2) is 0 Å². The SMILES string of the molecule is [CH]N(Cc1cccc(CO)c1O)C(CO)C(CO)N(CC(=O)O)Cc1cccc(CO)c1C. The number of carboxylic acids is 1. The number of phenols is 1. The average molecular weight is 461 g/mol. The van der Waals surface area contributed by atoms with Gasteiger partial charge >= 0.3 is 5.97 Å². The third-order valence-electron chi connectivity index (χ3n) is 5.88. The Hall–Kier alpha value is -2.53. The number of para-hydroxylation sites is 1. The zero-order chi connectivity index (χ0) is 24.5. The summed E-state index contributed by atoms with van der Waals surface area (Å²) in [6, 6.07) is 8.46. The van der Waals surface area contributed by atoms with E-state index < -0.39 is 37.8 Å². The van der Waals surface area contributed by atoms with Crippen LogP contribution in [0, 0.1) is 14.0 Å². The molecule has 0 heterocycles. The molecule has 0 amide bonds. The number of nitrogens with zero attached hydrogens (tertiary/aromatic N) is 2. The largest absolute Gasteiger partial charge is 0.507 e. The van der Waals surface area contributed by atoms with E-state index in [-0.39, 0.29) is 32.1 Å². The predicted molar refractivity (Wildman–Crippen MR) is 121 cm³/mol. The molecular formula is C24H32N2O7. The van der Waals surface area contributed by atoms with Gasteiger partial charge in [-0.2, -0.15) is 0 Å². The van der Waals surface area contributed by atoms with Gasteiger partial charge < -0.3 is 30.6 Å². The van der Waals surface area contributed by atoms with Gasteiger partial charge in [-0.05, 0) is 23.6 Å². The number of aliphatic hydroxyl groups is 4. The van der Waals surface area contributed by atoms with E-state index in [4.69, 9.17) is 7.05 Å². The monoisotopic (exact) mass is 460 g/mol. The Bertz CT molecular complexity index is 922. The molecule has 0 spiro atoms. The molecule has 0 bridgehead atoms. The summed E-state index contributed by atoms with van der Waals surface area (Å²) in [7, 11) is 6.22. The first-order chi connectivity index (χ1) is 15.8. The molecule has 6 N–H and O–H groups in total. The molecule has 2 atom stereocenters. The Balaban J connectivity index is 2.33. The number of rotatable bonds is 13. The number of aliphatic carboxylic acids is 1. The smallest absolute Gasteiger partial charge is 0.317 e. The predicted octanol–water partition coefficient (Wildman–Crippen LogP) is 0.464. The van der Waals surface area contributed by atoms with Crippen LogP contribution in [-0.2, 0) is 31.1 Å². The molecule has 0 saturated carbocycles. The molecule has 0 saturated heterocycles. The summed E-state index contributed by atoms with van der Waals surface area (Å²) in [6.45, 7) is 0.0720. The van der Waals surface area contributed by atoms with Crippen molar-refractivity contribution < 1.29 is 35.4 Å². The normalized spacial score (nSPS) is 13.5. The zero-order valence-electron chi connectivity index (χ0n) is 18.6. The first-order valence-electron chi connectivity index (χ1n) is 10.5. The summed E-state index contributed by atoms with van der Waals surface area (Å²) < 4.78 is 0. The standard InChI is InChI=1S/C24H32N2O7/c1-16-17(5-3-7-19(16)12-27)10-26(11-23(31)32)22(15-30)21(14-29)25(2)9-18-6-4-8-20(13-28)24(18)33/h2-8,21-22,27-30,33H,9-15H2,1H3,(H,31,32). The summed E-state index contributed by atoms with van der Waals surface area (Å²) in [4.78, 5) is 14.3. The van der Waals surface area contributed by atoms with Gasteiger partial charge in [-0.1, -0.05) is 36.4 Å². The van der Waals surface area contributed by atoms with Crippen molar-refractivity contribution in [2.75, 3.05) is 19.8 Å². The van der Waals surface area contributed by atoms with Gasteiger partial charge in [-0.15, -0.1) is 0 Å². The van der Waals surface area contributed by atoms with Crippen LogP contribution >= 0.6 is 0 Å². The second kappa shape index (κ2) is 12.6. The van der Waals surface area contributed by atoms with Crippen LogP contribution in [0.1, 0.15) is 27.8 Å². The molecule has 0 aliphatic rings. The lowest BCUT2D eigenvalue weighted by molar-refractivity contribution is -0.140. The van der Waals surface area contributed by atoms with Crippen LogP contribution < -0.4 is 0 Å². The maximum atomic E-state index is 11.6. The van der Waals surface area contributed by atoms with Crippen molar-refractivity contribution in [2.24, 2.45) is 0 Å². The molecule has 0 fully saturated rings. The Kier molecular flexibility index (Phi) is 10.2. The molecule has 2 aromatic carbocycles. The molecule has 9 nitrogen and oxygen atoms in total. The highest BCUT2D eigenvalue weighted by Gasteiger charge is 2.32. The molecule has 0 aliphatic carbocycles. The molecule has 2 radical (unpaired) electrons. The van der Waals surface area contributed by atoms with Crippen LogP contribution in [0.4, 0.5) is 0 Å². The quantitative estimate of drug-likeness (QED) is 0.235. The van der Waals surface area contributed by atoms with Crippen LogP contribution in [-0.4, -0.2) is 78.3 Å². The number of aliphatic hydroxyl groups excluding tert-OH is 4. The molecule has 2 rings (SSSR count). The van der Waals surface area contributed by atoms with E-state index in [0.29, 0.717) is 16.7 Å². The highest BCUT2D eigenvalue weighted by atomic mass is 16.4. The number of hydrogen-bond acceptors (Lipinski definition) is 8. The van der Waals surface area contributed by atoms with Crippen molar-refractivity contribution in [3.05, 3.63) is 71.3 Å². The zero-order valence-corrected chi connectivity index (χ0v) is 18.6. The topological polar surface area (TPSA) is 145 Å². The third kappa shape index (κ3) is 6.73. The van der Waals surface area contributed by atoms with Crippen LogP contribution in [0.5, 0.6) is 5.75 Å². The molecule has 9 heteroatoms. The van der Waals surface area contributed by atoms with Gasteiger partial charge in [0.1, 0.15) is 5.75 Å². The van der Waals surface area contributed by atoms with Gasteiger partial charge in [0, 0.05) is 31.3 Å². The van der Waals surface area contributed by atoms with Crippen molar-refractivity contribution in [3.8, 4) is 5.75 Å². The van der Waals surface area contributed by atoms with E-state index in [1.54, 1.807) is 30.3 Å². The average Bonchev–Trinajstić information content (AvgIpc) is 2.79. The van der Waals surface area contributed by atoms with Crippen molar-refractivity contribution >= 4 is 5.97 Å². The third-order valence-corrected chi connectivity index (χ3v) is 5.88. The van der Waals surface area contributed by atoms with Crippen molar-refractivity contribution in [1.29, 1.82) is 0 Å². The fourth-order valence-electron chi connectivity index (χ4n) is 3.90. The van der Waals surface area contributed by atoms with Crippen LogP contribution in [0.15, 0.2) is 36.4 Å². The molecule has 2 aromatic rings. The molecule has 180 valence electrons. The van der Waals surface area contributed by atoms with E-state index in [0.717, 1.165) is 11.1 Å². The van der Waals surface area contributed by atoms with Gasteiger partial charge in [0.05, 0.1) is 45.1 Å². The maximum Gasteiger partial charge on any atom is 0.317 e. The second-order valence-electron chi connectivity index (χ2n) is 7.91. The fourth-order valence-corrected chi connectivity index (χ4v) is 3.90. The lowest BCUT2D eigenvalue weighted by atomic mass is 10.00. The minimum absolute atomic E-state index is 0.0126. The first-order valence-corrected chi connectivity index (χ1v) is 10.5. The lowest BCUT2D eigenvalue weighted by Crippen LogP contribution is -2.54. The fraction of sp³-hybridized carbons (Fsp3) is 0.417. The number of carboxylic acid groups (broad SMARTS) is 1. The Morgan fingerprint density at radius 2 is 1.42 bits per heavy atom. The van der Waals surface area contributed by atoms with Gasteiger partial charge in [0.25, 0.3) is 0 Å². The number of carbonyl (C=O) groups is 1. The van der Waals surface area contributed by atoms with E-state index in [1.165, 1.54) is 9.80 Å². The Morgan fingerprint density at radius 1 is 0.879 bits per heavy atom. The van der Waals surface area contributed by atoms with Crippen LogP contribution in [0.25, 0.3) is 0 Å². The molecular weight excluding hydrogens is 428 g/mol. The van der Waals surface area contributed by atoms with E-state index in [1.807, 2.05) is 13.0 Å². The number of aromatic hydroxyl groups is 1. The minimum atomic E-state index is -1.11. The highest BCUT2D eigenvalue weighted by Crippen LogP contribution is 2.26. The first kappa shape index (κ1) is 26.7. The van der Waals surface area contributed by atoms with E-state index in [9.17, 15) is 35.4 Å². The van der Waals surface area contributed by atoms with Crippen molar-refractivity contribution in [1.82, 2.24) is 9.80 Å².